The highest BCUT2D eigenvalue weighted by atomic mass is 32.1. The van der Waals surface area contributed by atoms with Crippen molar-refractivity contribution in [1.82, 2.24) is 9.97 Å². The molecule has 1 aliphatic rings. The Hall–Kier alpha value is -2.28. The van der Waals surface area contributed by atoms with Gasteiger partial charge in [-0.3, -0.25) is 14.6 Å². The zero-order valence-electron chi connectivity index (χ0n) is 10.5. The van der Waals surface area contributed by atoms with Crippen LogP contribution in [0, 0.1) is 5.92 Å². The lowest BCUT2D eigenvalue weighted by Gasteiger charge is -2.06. The first-order valence-electron chi connectivity index (χ1n) is 6.19. The number of nitrogens with one attached hydrogen (secondary N) is 2. The first kappa shape index (κ1) is 12.7. The zero-order chi connectivity index (χ0) is 13.9. The van der Waals surface area contributed by atoms with Gasteiger partial charge in [0.25, 0.3) is 5.91 Å². The van der Waals surface area contributed by atoms with Gasteiger partial charge in [-0.25, -0.2) is 4.98 Å². The summed E-state index contributed by atoms with van der Waals surface area (Å²) in [6.07, 6.45) is 4.94. The summed E-state index contributed by atoms with van der Waals surface area (Å²) in [5, 5.41) is 6.12. The zero-order valence-corrected chi connectivity index (χ0v) is 11.3. The molecular formula is C13H12N4O2S. The fraction of sp³-hybridized carbons (Fsp3) is 0.231. The lowest BCUT2D eigenvalue weighted by molar-refractivity contribution is -0.117. The molecule has 6 nitrogen and oxygen atoms in total. The lowest BCUT2D eigenvalue weighted by Crippen LogP contribution is -2.16. The van der Waals surface area contributed by atoms with E-state index in [1.165, 1.54) is 17.5 Å². The molecule has 102 valence electrons. The molecule has 2 aromatic heterocycles. The van der Waals surface area contributed by atoms with Crippen molar-refractivity contribution in [2.75, 3.05) is 10.6 Å². The molecule has 0 radical (unpaired) electrons. The van der Waals surface area contributed by atoms with Crippen molar-refractivity contribution in [2.24, 2.45) is 5.92 Å². The van der Waals surface area contributed by atoms with Crippen molar-refractivity contribution in [3.05, 3.63) is 35.6 Å². The first-order valence-corrected chi connectivity index (χ1v) is 7.07. The van der Waals surface area contributed by atoms with E-state index in [-0.39, 0.29) is 17.7 Å². The number of hydrogen-bond acceptors (Lipinski definition) is 5. The number of pyridine rings is 1. The second-order valence-corrected chi connectivity index (χ2v) is 5.40. The van der Waals surface area contributed by atoms with Gasteiger partial charge in [0.05, 0.1) is 11.7 Å². The Labute approximate surface area is 119 Å². The molecule has 2 N–H and O–H groups in total. The summed E-state index contributed by atoms with van der Waals surface area (Å²) in [4.78, 5) is 31.6. The monoisotopic (exact) mass is 288 g/mol. The molecule has 1 fully saturated rings. The molecule has 7 heteroatoms. The molecule has 3 rings (SSSR count). The second kappa shape index (κ2) is 5.38. The number of aromatic nitrogens is 2. The molecular weight excluding hydrogens is 276 g/mol. The summed E-state index contributed by atoms with van der Waals surface area (Å²) in [5.74, 6) is 0.224. The minimum atomic E-state index is -0.251. The van der Waals surface area contributed by atoms with Crippen LogP contribution in [0.15, 0.2) is 30.0 Å². The van der Waals surface area contributed by atoms with Crippen molar-refractivity contribution >= 4 is 34.0 Å². The molecule has 0 spiro atoms. The third kappa shape index (κ3) is 3.00. The Bertz CT molecular complexity index is 638. The third-order valence-electron chi connectivity index (χ3n) is 2.89. The molecule has 0 aromatic carbocycles. The number of anilines is 2. The molecule has 20 heavy (non-hydrogen) atoms. The van der Waals surface area contributed by atoms with Crippen LogP contribution >= 0.6 is 11.3 Å². The van der Waals surface area contributed by atoms with Crippen molar-refractivity contribution in [1.29, 1.82) is 0 Å². The Morgan fingerprint density at radius 3 is 2.85 bits per heavy atom. The summed E-state index contributed by atoms with van der Waals surface area (Å²) in [6, 6.07) is 3.17. The van der Waals surface area contributed by atoms with E-state index in [0.29, 0.717) is 16.4 Å². The van der Waals surface area contributed by atoms with E-state index in [9.17, 15) is 9.59 Å². The highest BCUT2D eigenvalue weighted by Crippen LogP contribution is 2.30. The van der Waals surface area contributed by atoms with Crippen LogP contribution in [0.25, 0.3) is 0 Å². The largest absolute Gasteiger partial charge is 0.312 e. The van der Waals surface area contributed by atoms with Gasteiger partial charge in [-0.05, 0) is 25.0 Å². The van der Waals surface area contributed by atoms with E-state index in [2.05, 4.69) is 20.6 Å². The van der Waals surface area contributed by atoms with Gasteiger partial charge in [-0.2, -0.15) is 0 Å². The molecule has 0 atom stereocenters. The lowest BCUT2D eigenvalue weighted by atomic mass is 10.2. The fourth-order valence-corrected chi connectivity index (χ4v) is 2.18. The van der Waals surface area contributed by atoms with E-state index in [0.717, 1.165) is 12.8 Å². The number of nitrogens with zero attached hydrogens (tertiary/aromatic N) is 2. The minimum Gasteiger partial charge on any atom is -0.312 e. The molecule has 0 saturated heterocycles. The summed E-state index contributed by atoms with van der Waals surface area (Å²) < 4.78 is 0. The van der Waals surface area contributed by atoms with Gasteiger partial charge in [0.1, 0.15) is 10.8 Å². The molecule has 1 aliphatic carbocycles. The van der Waals surface area contributed by atoms with E-state index in [4.69, 9.17) is 0 Å². The average Bonchev–Trinajstić information content (AvgIpc) is 3.18. The SMILES string of the molecule is O=C(Nc1cncs1)c1ccnc(NC(=O)C2CC2)c1. The van der Waals surface area contributed by atoms with Gasteiger partial charge >= 0.3 is 0 Å². The van der Waals surface area contributed by atoms with Gasteiger partial charge in [0.15, 0.2) is 0 Å². The van der Waals surface area contributed by atoms with Crippen LogP contribution < -0.4 is 10.6 Å². The van der Waals surface area contributed by atoms with Crippen molar-refractivity contribution in [3.8, 4) is 0 Å². The number of hydrogen-bond donors (Lipinski definition) is 2. The maximum absolute atomic E-state index is 12.0. The smallest absolute Gasteiger partial charge is 0.256 e. The highest BCUT2D eigenvalue weighted by molar-refractivity contribution is 7.14. The number of rotatable bonds is 4. The van der Waals surface area contributed by atoms with E-state index < -0.39 is 0 Å². The maximum atomic E-state index is 12.0. The molecule has 0 bridgehead atoms. The first-order chi connectivity index (χ1) is 9.72. The predicted octanol–water partition coefficient (Wildman–Crippen LogP) is 2.14. The van der Waals surface area contributed by atoms with Gasteiger partial charge < -0.3 is 10.6 Å². The minimum absolute atomic E-state index is 0.0301. The molecule has 0 aliphatic heterocycles. The predicted molar refractivity (Wildman–Crippen MR) is 75.7 cm³/mol. The number of carbonyl (C=O) groups is 2. The van der Waals surface area contributed by atoms with Crippen LogP contribution in [0.5, 0.6) is 0 Å². The van der Waals surface area contributed by atoms with Crippen LogP contribution in [0.1, 0.15) is 23.2 Å². The average molecular weight is 288 g/mol. The van der Waals surface area contributed by atoms with E-state index in [1.54, 1.807) is 23.8 Å². The topological polar surface area (TPSA) is 84.0 Å². The Balaban J connectivity index is 1.69. The second-order valence-electron chi connectivity index (χ2n) is 4.51. The van der Waals surface area contributed by atoms with Gasteiger partial charge in [-0.15, -0.1) is 11.3 Å². The van der Waals surface area contributed by atoms with Crippen LogP contribution in [-0.2, 0) is 4.79 Å². The normalized spacial score (nSPS) is 13.8. The van der Waals surface area contributed by atoms with Crippen LogP contribution in [0.2, 0.25) is 0 Å². The van der Waals surface area contributed by atoms with Crippen LogP contribution in [0.4, 0.5) is 10.8 Å². The number of amides is 2. The molecule has 2 aromatic rings. The summed E-state index contributed by atoms with van der Waals surface area (Å²) in [5.41, 5.74) is 2.09. The van der Waals surface area contributed by atoms with Crippen molar-refractivity contribution in [3.63, 3.8) is 0 Å². The Kier molecular flexibility index (Phi) is 3.42. The molecule has 2 amide bonds. The van der Waals surface area contributed by atoms with Crippen LogP contribution in [0.3, 0.4) is 0 Å². The Morgan fingerprint density at radius 1 is 1.30 bits per heavy atom. The molecule has 2 heterocycles. The third-order valence-corrected chi connectivity index (χ3v) is 3.58. The van der Waals surface area contributed by atoms with Gasteiger partial charge in [-0.1, -0.05) is 0 Å². The van der Waals surface area contributed by atoms with Gasteiger partial charge in [0.2, 0.25) is 5.91 Å². The summed E-state index contributed by atoms with van der Waals surface area (Å²) in [7, 11) is 0. The van der Waals surface area contributed by atoms with Gasteiger partial charge in [0, 0.05) is 17.7 Å². The van der Waals surface area contributed by atoms with Crippen molar-refractivity contribution < 1.29 is 9.59 Å². The fourth-order valence-electron chi connectivity index (χ4n) is 1.68. The standard InChI is InChI=1S/C13H12N4O2S/c18-12(8-1-2-8)16-10-5-9(3-4-15-10)13(19)17-11-6-14-7-20-11/h3-8H,1-2H2,(H,17,19)(H,15,16,18). The summed E-state index contributed by atoms with van der Waals surface area (Å²) in [6.45, 7) is 0. The molecule has 1 saturated carbocycles. The Morgan fingerprint density at radius 2 is 2.15 bits per heavy atom. The number of carbonyl (C=O) groups excluding carboxylic acids is 2. The highest BCUT2D eigenvalue weighted by Gasteiger charge is 2.29. The van der Waals surface area contributed by atoms with E-state index >= 15 is 0 Å². The van der Waals surface area contributed by atoms with Crippen LogP contribution in [-0.4, -0.2) is 21.8 Å². The molecule has 0 unspecified atom stereocenters. The van der Waals surface area contributed by atoms with Crippen molar-refractivity contribution in [2.45, 2.75) is 12.8 Å². The summed E-state index contributed by atoms with van der Waals surface area (Å²) >= 11 is 1.34. The maximum Gasteiger partial charge on any atom is 0.256 e. The quantitative estimate of drug-likeness (QED) is 0.902. The number of thiazole rings is 1. The van der Waals surface area contributed by atoms with E-state index in [1.807, 2.05) is 0 Å².